The molecule has 106 valence electrons. The van der Waals surface area contributed by atoms with Crippen molar-refractivity contribution < 1.29 is 9.47 Å². The summed E-state index contributed by atoms with van der Waals surface area (Å²) in [6, 6.07) is 6.72. The minimum Gasteiger partial charge on any atom is -0.490 e. The Morgan fingerprint density at radius 3 is 2.63 bits per heavy atom. The molecule has 0 bridgehead atoms. The highest BCUT2D eigenvalue weighted by Gasteiger charge is 2.22. The van der Waals surface area contributed by atoms with Crippen molar-refractivity contribution in [1.82, 2.24) is 5.32 Å². The van der Waals surface area contributed by atoms with E-state index in [2.05, 4.69) is 31.3 Å². The predicted octanol–water partition coefficient (Wildman–Crippen LogP) is 3.37. The van der Waals surface area contributed by atoms with Gasteiger partial charge in [0.25, 0.3) is 0 Å². The third-order valence-electron chi connectivity index (χ3n) is 3.19. The van der Waals surface area contributed by atoms with Crippen LogP contribution < -0.4 is 14.8 Å². The van der Waals surface area contributed by atoms with Crippen LogP contribution in [-0.4, -0.2) is 19.3 Å². The van der Waals surface area contributed by atoms with Gasteiger partial charge in [0, 0.05) is 12.6 Å². The molecule has 1 saturated carbocycles. The van der Waals surface area contributed by atoms with Gasteiger partial charge in [-0.15, -0.1) is 0 Å². The van der Waals surface area contributed by atoms with Gasteiger partial charge in [0.2, 0.25) is 0 Å². The van der Waals surface area contributed by atoms with Crippen LogP contribution in [0.5, 0.6) is 11.5 Å². The minimum absolute atomic E-state index is 0.487. The van der Waals surface area contributed by atoms with E-state index in [9.17, 15) is 0 Å². The van der Waals surface area contributed by atoms with Crippen LogP contribution in [0.15, 0.2) is 18.2 Å². The molecule has 19 heavy (non-hydrogen) atoms. The molecule has 0 aromatic heterocycles. The van der Waals surface area contributed by atoms with E-state index in [1.807, 2.05) is 13.0 Å². The van der Waals surface area contributed by atoms with Crippen LogP contribution in [-0.2, 0) is 6.54 Å². The van der Waals surface area contributed by atoms with Gasteiger partial charge in [0.1, 0.15) is 0 Å². The average molecular weight is 263 g/mol. The van der Waals surface area contributed by atoms with Crippen LogP contribution >= 0.6 is 0 Å². The Bertz CT molecular complexity index is 400. The third kappa shape index (κ3) is 4.75. The van der Waals surface area contributed by atoms with Crippen molar-refractivity contribution in [1.29, 1.82) is 0 Å². The van der Waals surface area contributed by atoms with Gasteiger partial charge in [-0.05, 0) is 43.4 Å². The fourth-order valence-corrected chi connectivity index (χ4v) is 1.86. The van der Waals surface area contributed by atoms with Crippen LogP contribution in [0.1, 0.15) is 39.2 Å². The molecular weight excluding hydrogens is 238 g/mol. The monoisotopic (exact) mass is 263 g/mol. The van der Waals surface area contributed by atoms with Crippen LogP contribution in [0.4, 0.5) is 0 Å². The summed E-state index contributed by atoms with van der Waals surface area (Å²) in [4.78, 5) is 0. The molecule has 1 aliphatic rings. The Morgan fingerprint density at radius 1 is 1.21 bits per heavy atom. The van der Waals surface area contributed by atoms with Crippen molar-refractivity contribution in [3.63, 3.8) is 0 Å². The molecule has 0 saturated heterocycles. The molecule has 3 heteroatoms. The SMILES string of the molecule is CCOc1cc(CNC(C)C)ccc1OCC1CC1. The van der Waals surface area contributed by atoms with E-state index in [4.69, 9.17) is 9.47 Å². The van der Waals surface area contributed by atoms with Crippen molar-refractivity contribution >= 4 is 0 Å². The number of nitrogens with one attached hydrogen (secondary N) is 1. The molecule has 0 unspecified atom stereocenters. The van der Waals surface area contributed by atoms with Gasteiger partial charge in [0.15, 0.2) is 11.5 Å². The second kappa shape index (κ2) is 6.80. The predicted molar refractivity (Wildman–Crippen MR) is 77.8 cm³/mol. The lowest BCUT2D eigenvalue weighted by Gasteiger charge is -2.14. The van der Waals surface area contributed by atoms with Gasteiger partial charge >= 0.3 is 0 Å². The topological polar surface area (TPSA) is 30.5 Å². The normalized spacial score (nSPS) is 14.7. The quantitative estimate of drug-likeness (QED) is 0.780. The van der Waals surface area contributed by atoms with Gasteiger partial charge in [-0.25, -0.2) is 0 Å². The van der Waals surface area contributed by atoms with Crippen molar-refractivity contribution in [3.05, 3.63) is 23.8 Å². The third-order valence-corrected chi connectivity index (χ3v) is 3.19. The molecule has 0 aliphatic heterocycles. The number of ether oxygens (including phenoxy) is 2. The number of benzene rings is 1. The highest BCUT2D eigenvalue weighted by molar-refractivity contribution is 5.43. The maximum atomic E-state index is 5.85. The second-order valence-corrected chi connectivity index (χ2v) is 5.50. The largest absolute Gasteiger partial charge is 0.490 e. The Hall–Kier alpha value is -1.22. The molecule has 0 amide bonds. The van der Waals surface area contributed by atoms with E-state index in [0.29, 0.717) is 12.6 Å². The molecule has 1 aliphatic carbocycles. The summed E-state index contributed by atoms with van der Waals surface area (Å²) < 4.78 is 11.5. The summed E-state index contributed by atoms with van der Waals surface area (Å²) in [5.41, 5.74) is 1.23. The van der Waals surface area contributed by atoms with E-state index in [-0.39, 0.29) is 0 Å². The van der Waals surface area contributed by atoms with E-state index in [0.717, 1.165) is 30.6 Å². The van der Waals surface area contributed by atoms with Crippen molar-refractivity contribution in [2.24, 2.45) is 5.92 Å². The van der Waals surface area contributed by atoms with Crippen molar-refractivity contribution in [2.75, 3.05) is 13.2 Å². The lowest BCUT2D eigenvalue weighted by Crippen LogP contribution is -2.21. The molecule has 0 atom stereocenters. The highest BCUT2D eigenvalue weighted by atomic mass is 16.5. The first-order valence-electron chi connectivity index (χ1n) is 7.31. The first kappa shape index (κ1) is 14.2. The Kier molecular flexibility index (Phi) is 5.08. The highest BCUT2D eigenvalue weighted by Crippen LogP contribution is 2.33. The van der Waals surface area contributed by atoms with Crippen molar-refractivity contribution in [3.8, 4) is 11.5 Å². The molecule has 1 aromatic rings. The van der Waals surface area contributed by atoms with Gasteiger partial charge in [0.05, 0.1) is 13.2 Å². The fourth-order valence-electron chi connectivity index (χ4n) is 1.86. The van der Waals surface area contributed by atoms with Gasteiger partial charge < -0.3 is 14.8 Å². The molecule has 1 aromatic carbocycles. The lowest BCUT2D eigenvalue weighted by atomic mass is 10.2. The first-order chi connectivity index (χ1) is 9.19. The zero-order valence-corrected chi connectivity index (χ0v) is 12.2. The Labute approximate surface area is 116 Å². The van der Waals surface area contributed by atoms with Gasteiger partial charge in [-0.3, -0.25) is 0 Å². The summed E-state index contributed by atoms with van der Waals surface area (Å²) >= 11 is 0. The molecule has 3 nitrogen and oxygen atoms in total. The smallest absolute Gasteiger partial charge is 0.161 e. The average Bonchev–Trinajstić information content (AvgIpc) is 3.19. The van der Waals surface area contributed by atoms with E-state index >= 15 is 0 Å². The zero-order chi connectivity index (χ0) is 13.7. The molecular formula is C16H25NO2. The second-order valence-electron chi connectivity index (χ2n) is 5.50. The first-order valence-corrected chi connectivity index (χ1v) is 7.31. The standard InChI is InChI=1S/C16H25NO2/c1-4-18-16-9-14(10-17-12(2)3)7-8-15(16)19-11-13-5-6-13/h7-9,12-13,17H,4-6,10-11H2,1-3H3. The number of rotatable bonds is 8. The van der Waals surface area contributed by atoms with Crippen LogP contribution in [0.2, 0.25) is 0 Å². The van der Waals surface area contributed by atoms with Crippen LogP contribution in [0.3, 0.4) is 0 Å². The zero-order valence-electron chi connectivity index (χ0n) is 12.2. The molecule has 2 rings (SSSR count). The van der Waals surface area contributed by atoms with E-state index < -0.39 is 0 Å². The summed E-state index contributed by atoms with van der Waals surface area (Å²) in [5.74, 6) is 2.50. The molecule has 0 spiro atoms. The summed E-state index contributed by atoms with van der Waals surface area (Å²) in [7, 11) is 0. The van der Waals surface area contributed by atoms with Crippen LogP contribution in [0.25, 0.3) is 0 Å². The molecule has 0 radical (unpaired) electrons. The number of hydrogen-bond donors (Lipinski definition) is 1. The number of hydrogen-bond acceptors (Lipinski definition) is 3. The fraction of sp³-hybridized carbons (Fsp3) is 0.625. The summed E-state index contributed by atoms with van der Waals surface area (Å²) in [6.45, 7) is 8.65. The van der Waals surface area contributed by atoms with E-state index in [1.54, 1.807) is 0 Å². The summed E-state index contributed by atoms with van der Waals surface area (Å²) in [5, 5.41) is 3.41. The maximum Gasteiger partial charge on any atom is 0.161 e. The summed E-state index contributed by atoms with van der Waals surface area (Å²) in [6.07, 6.45) is 2.61. The molecule has 1 fully saturated rings. The lowest BCUT2D eigenvalue weighted by molar-refractivity contribution is 0.266. The van der Waals surface area contributed by atoms with Crippen LogP contribution in [0, 0.1) is 5.92 Å². The van der Waals surface area contributed by atoms with Gasteiger partial charge in [-0.2, -0.15) is 0 Å². The Balaban J connectivity index is 2.00. The van der Waals surface area contributed by atoms with E-state index in [1.165, 1.54) is 18.4 Å². The Morgan fingerprint density at radius 2 is 2.00 bits per heavy atom. The van der Waals surface area contributed by atoms with Crippen molar-refractivity contribution in [2.45, 2.75) is 46.2 Å². The molecule has 0 heterocycles. The maximum absolute atomic E-state index is 5.85. The molecule has 1 N–H and O–H groups in total. The minimum atomic E-state index is 0.487. The van der Waals surface area contributed by atoms with Gasteiger partial charge in [-0.1, -0.05) is 19.9 Å².